The third kappa shape index (κ3) is 4.04. The van der Waals surface area contributed by atoms with Crippen LogP contribution in [-0.4, -0.2) is 36.1 Å². The molecule has 0 bridgehead atoms. The number of carbonyl (C=O) groups is 2. The first-order valence-electron chi connectivity index (χ1n) is 10.0. The van der Waals surface area contributed by atoms with Gasteiger partial charge < -0.3 is 19.7 Å². The fourth-order valence-electron chi connectivity index (χ4n) is 3.85. The van der Waals surface area contributed by atoms with Crippen molar-refractivity contribution in [2.75, 3.05) is 19.1 Å². The van der Waals surface area contributed by atoms with Crippen molar-refractivity contribution in [1.82, 2.24) is 0 Å². The van der Waals surface area contributed by atoms with Crippen LogP contribution < -0.4 is 14.4 Å². The molecule has 0 aromatic heterocycles. The van der Waals surface area contributed by atoms with Crippen LogP contribution in [0.15, 0.2) is 66.2 Å². The minimum Gasteiger partial charge on any atom is -0.507 e. The number of Topliss-reactive ketones (excluding diaryl/α,β-unsaturated/α-hetero) is 1. The molecule has 34 heavy (non-hydrogen) atoms. The van der Waals surface area contributed by atoms with Gasteiger partial charge in [0.25, 0.3) is 11.7 Å². The van der Waals surface area contributed by atoms with Gasteiger partial charge in [0, 0.05) is 16.3 Å². The van der Waals surface area contributed by atoms with E-state index in [4.69, 9.17) is 32.7 Å². The monoisotopic (exact) mass is 499 g/mol. The molecular weight excluding hydrogens is 481 g/mol. The summed E-state index contributed by atoms with van der Waals surface area (Å²) in [5.41, 5.74) is 0.674. The van der Waals surface area contributed by atoms with Crippen molar-refractivity contribution in [2.45, 2.75) is 6.04 Å². The Hall–Kier alpha value is -3.68. The van der Waals surface area contributed by atoms with Crippen molar-refractivity contribution in [2.24, 2.45) is 0 Å². The highest BCUT2D eigenvalue weighted by Crippen LogP contribution is 2.45. The molecule has 1 unspecified atom stereocenters. The minimum absolute atomic E-state index is 0.123. The molecule has 1 aliphatic heterocycles. The Morgan fingerprint density at radius 2 is 1.65 bits per heavy atom. The van der Waals surface area contributed by atoms with E-state index in [1.54, 1.807) is 36.4 Å². The number of hydrogen-bond donors (Lipinski definition) is 2. The topological polar surface area (TPSA) is 96.3 Å². The van der Waals surface area contributed by atoms with Gasteiger partial charge in [0.05, 0.1) is 30.9 Å². The van der Waals surface area contributed by atoms with Crippen molar-refractivity contribution in [3.05, 3.63) is 87.4 Å². The standard InChI is InChI=1S/C25H19Cl2NO6/c1-33-16-8-9-18(27)17(12-16)23(30)21-22(13-3-10-20(34-2)19(29)11-13)28(25(32)24(21)31)15-6-4-14(26)5-7-15/h3-12,22,29-30H,1-2H3/b23-21+. The molecule has 1 heterocycles. The number of phenols is 1. The van der Waals surface area contributed by atoms with Gasteiger partial charge in [-0.15, -0.1) is 0 Å². The zero-order valence-electron chi connectivity index (χ0n) is 18.1. The van der Waals surface area contributed by atoms with Gasteiger partial charge in [-0.1, -0.05) is 29.3 Å². The highest BCUT2D eigenvalue weighted by atomic mass is 35.5. The van der Waals surface area contributed by atoms with Gasteiger partial charge in [-0.3, -0.25) is 14.5 Å². The predicted molar refractivity (Wildman–Crippen MR) is 129 cm³/mol. The number of aromatic hydroxyl groups is 1. The molecule has 0 spiro atoms. The summed E-state index contributed by atoms with van der Waals surface area (Å²) in [6, 6.07) is 14.3. The second-order valence-corrected chi connectivity index (χ2v) is 8.27. The van der Waals surface area contributed by atoms with Crippen LogP contribution >= 0.6 is 23.2 Å². The van der Waals surface area contributed by atoms with E-state index in [1.807, 2.05) is 0 Å². The molecule has 1 saturated heterocycles. The summed E-state index contributed by atoms with van der Waals surface area (Å²) in [6.07, 6.45) is 0. The molecule has 3 aromatic carbocycles. The lowest BCUT2D eigenvalue weighted by Crippen LogP contribution is -2.29. The van der Waals surface area contributed by atoms with Crippen LogP contribution in [0.1, 0.15) is 17.2 Å². The number of aliphatic hydroxyl groups excluding tert-OH is 1. The number of benzene rings is 3. The summed E-state index contributed by atoms with van der Waals surface area (Å²) in [6.45, 7) is 0. The number of aliphatic hydroxyl groups is 1. The van der Waals surface area contributed by atoms with E-state index >= 15 is 0 Å². The SMILES string of the molecule is COc1ccc(Cl)c(/C(O)=C2\C(=O)C(=O)N(c3ccc(Cl)cc3)C2c2ccc(OC)c(O)c2)c1. The average Bonchev–Trinajstić information content (AvgIpc) is 3.10. The van der Waals surface area contributed by atoms with Gasteiger partial charge >= 0.3 is 0 Å². The van der Waals surface area contributed by atoms with Crippen LogP contribution in [0, 0.1) is 0 Å². The summed E-state index contributed by atoms with van der Waals surface area (Å²) in [4.78, 5) is 27.7. The number of methoxy groups -OCH3 is 2. The average molecular weight is 500 g/mol. The predicted octanol–water partition coefficient (Wildman–Crippen LogP) is 5.34. The molecule has 0 radical (unpaired) electrons. The van der Waals surface area contributed by atoms with Gasteiger partial charge in [-0.05, 0) is 60.2 Å². The van der Waals surface area contributed by atoms with Crippen LogP contribution in [0.3, 0.4) is 0 Å². The Kier molecular flexibility index (Phi) is 6.41. The second kappa shape index (κ2) is 9.29. The first kappa shape index (κ1) is 23.5. The number of ether oxygens (including phenoxy) is 2. The van der Waals surface area contributed by atoms with Gasteiger partial charge in [-0.2, -0.15) is 0 Å². The van der Waals surface area contributed by atoms with Gasteiger partial charge in [-0.25, -0.2) is 0 Å². The van der Waals surface area contributed by atoms with Crippen LogP contribution in [0.25, 0.3) is 5.76 Å². The number of phenolic OH excluding ortho intramolecular Hbond substituents is 1. The molecule has 1 aliphatic rings. The maximum Gasteiger partial charge on any atom is 0.300 e. The van der Waals surface area contributed by atoms with E-state index in [1.165, 1.54) is 43.4 Å². The van der Waals surface area contributed by atoms with E-state index in [9.17, 15) is 19.8 Å². The Morgan fingerprint density at radius 1 is 0.941 bits per heavy atom. The van der Waals surface area contributed by atoms with Gasteiger partial charge in [0.2, 0.25) is 0 Å². The summed E-state index contributed by atoms with van der Waals surface area (Å²) in [7, 11) is 2.85. The lowest BCUT2D eigenvalue weighted by molar-refractivity contribution is -0.132. The van der Waals surface area contributed by atoms with E-state index in [0.29, 0.717) is 22.0 Å². The second-order valence-electron chi connectivity index (χ2n) is 7.42. The van der Waals surface area contributed by atoms with Crippen molar-refractivity contribution >= 4 is 46.3 Å². The number of nitrogens with zero attached hydrogens (tertiary/aromatic N) is 1. The molecule has 0 aliphatic carbocycles. The zero-order chi connectivity index (χ0) is 24.6. The Morgan fingerprint density at radius 3 is 2.26 bits per heavy atom. The molecule has 1 amide bonds. The summed E-state index contributed by atoms with van der Waals surface area (Å²) in [5.74, 6) is -1.82. The number of ketones is 1. The minimum atomic E-state index is -1.07. The Bertz CT molecular complexity index is 1320. The van der Waals surface area contributed by atoms with Crippen molar-refractivity contribution in [3.8, 4) is 17.2 Å². The molecule has 1 atom stereocenters. The lowest BCUT2D eigenvalue weighted by Gasteiger charge is -2.26. The fraction of sp³-hybridized carbons (Fsp3) is 0.120. The number of halogens is 2. The van der Waals surface area contributed by atoms with Crippen LogP contribution in [0.2, 0.25) is 10.0 Å². The third-order valence-corrected chi connectivity index (χ3v) is 6.08. The molecule has 3 aromatic rings. The highest BCUT2D eigenvalue weighted by molar-refractivity contribution is 6.52. The molecule has 4 rings (SSSR count). The lowest BCUT2D eigenvalue weighted by atomic mass is 9.94. The number of rotatable bonds is 5. The fourth-order valence-corrected chi connectivity index (χ4v) is 4.18. The Balaban J connectivity index is 1.98. The van der Waals surface area contributed by atoms with Gasteiger partial charge in [0.1, 0.15) is 11.5 Å². The molecular formula is C25H19Cl2NO6. The zero-order valence-corrected chi connectivity index (χ0v) is 19.6. The maximum atomic E-state index is 13.2. The number of carbonyl (C=O) groups excluding carboxylic acids is 2. The van der Waals surface area contributed by atoms with E-state index in [0.717, 1.165) is 0 Å². The normalized spacial score (nSPS) is 17.2. The first-order valence-corrected chi connectivity index (χ1v) is 10.8. The Labute approximate surface area is 205 Å². The summed E-state index contributed by atoms with van der Waals surface area (Å²) >= 11 is 12.3. The molecule has 9 heteroatoms. The molecule has 7 nitrogen and oxygen atoms in total. The van der Waals surface area contributed by atoms with E-state index in [-0.39, 0.29) is 27.7 Å². The summed E-state index contributed by atoms with van der Waals surface area (Å²) in [5, 5.41) is 22.2. The van der Waals surface area contributed by atoms with Crippen molar-refractivity contribution < 1.29 is 29.3 Å². The number of amides is 1. The van der Waals surface area contributed by atoms with Crippen molar-refractivity contribution in [3.63, 3.8) is 0 Å². The van der Waals surface area contributed by atoms with Crippen LogP contribution in [0.4, 0.5) is 5.69 Å². The number of anilines is 1. The first-order chi connectivity index (χ1) is 16.3. The van der Waals surface area contributed by atoms with Gasteiger partial charge in [0.15, 0.2) is 11.5 Å². The van der Waals surface area contributed by atoms with E-state index in [2.05, 4.69) is 0 Å². The largest absolute Gasteiger partial charge is 0.507 e. The molecule has 174 valence electrons. The highest BCUT2D eigenvalue weighted by Gasteiger charge is 2.47. The summed E-state index contributed by atoms with van der Waals surface area (Å²) < 4.78 is 10.3. The molecule has 1 fully saturated rings. The van der Waals surface area contributed by atoms with Crippen molar-refractivity contribution in [1.29, 1.82) is 0 Å². The number of hydrogen-bond acceptors (Lipinski definition) is 6. The maximum absolute atomic E-state index is 13.2. The molecule has 2 N–H and O–H groups in total. The van der Waals surface area contributed by atoms with Crippen LogP contribution in [-0.2, 0) is 9.59 Å². The smallest absolute Gasteiger partial charge is 0.300 e. The molecule has 0 saturated carbocycles. The quantitative estimate of drug-likeness (QED) is 0.279. The van der Waals surface area contributed by atoms with Crippen LogP contribution in [0.5, 0.6) is 17.2 Å². The third-order valence-electron chi connectivity index (χ3n) is 5.50. The van der Waals surface area contributed by atoms with E-state index < -0.39 is 23.5 Å².